The second kappa shape index (κ2) is 5.21. The van der Waals surface area contributed by atoms with E-state index >= 15 is 0 Å². The Morgan fingerprint density at radius 3 is 2.39 bits per heavy atom. The fourth-order valence-electron chi connectivity index (χ4n) is 1.81. The monoisotopic (exact) mass is 260 g/mol. The first-order valence-corrected chi connectivity index (χ1v) is 7.08. The summed E-state index contributed by atoms with van der Waals surface area (Å²) in [6, 6.07) is 8.70. The summed E-state index contributed by atoms with van der Waals surface area (Å²) in [4.78, 5) is 5.72. The zero-order chi connectivity index (χ0) is 13.2. The quantitative estimate of drug-likeness (QED) is 0.915. The molecule has 0 amide bonds. The van der Waals surface area contributed by atoms with Gasteiger partial charge in [-0.2, -0.15) is 0 Å². The average molecular weight is 260 g/mol. The van der Waals surface area contributed by atoms with Crippen LogP contribution >= 0.6 is 11.3 Å². The third kappa shape index (κ3) is 2.98. The van der Waals surface area contributed by atoms with Crippen LogP contribution in [-0.4, -0.2) is 11.5 Å². The van der Waals surface area contributed by atoms with Crippen molar-refractivity contribution >= 4 is 11.3 Å². The number of nitrogens with two attached hydrogens (primary N) is 1. The molecule has 0 atom stereocenters. The first-order valence-electron chi connectivity index (χ1n) is 6.26. The van der Waals surface area contributed by atoms with Crippen molar-refractivity contribution in [2.24, 2.45) is 5.73 Å². The molecular formula is C15H20N2S. The van der Waals surface area contributed by atoms with E-state index in [1.165, 1.54) is 16.0 Å². The lowest BCUT2D eigenvalue weighted by molar-refractivity contribution is 0.590. The molecule has 0 aliphatic carbocycles. The van der Waals surface area contributed by atoms with Crippen LogP contribution < -0.4 is 5.73 Å². The molecule has 0 fully saturated rings. The molecule has 2 nitrogen and oxygen atoms in total. The number of nitrogens with zero attached hydrogens (tertiary/aromatic N) is 1. The smallest absolute Gasteiger partial charge is 0.123 e. The Labute approximate surface area is 113 Å². The molecule has 2 aromatic rings. The van der Waals surface area contributed by atoms with Crippen LogP contribution in [0.25, 0.3) is 10.6 Å². The van der Waals surface area contributed by atoms with Gasteiger partial charge in [-0.05, 0) is 23.9 Å². The second-order valence-electron chi connectivity index (χ2n) is 5.50. The number of rotatable bonds is 3. The molecular weight excluding hydrogens is 240 g/mol. The Kier molecular flexibility index (Phi) is 3.83. The van der Waals surface area contributed by atoms with Gasteiger partial charge in [0.25, 0.3) is 0 Å². The van der Waals surface area contributed by atoms with Crippen molar-refractivity contribution in [3.63, 3.8) is 0 Å². The van der Waals surface area contributed by atoms with Gasteiger partial charge in [0.2, 0.25) is 0 Å². The summed E-state index contributed by atoms with van der Waals surface area (Å²) in [7, 11) is 0. The van der Waals surface area contributed by atoms with E-state index in [1.807, 2.05) is 6.20 Å². The first kappa shape index (κ1) is 13.2. The lowest BCUT2D eigenvalue weighted by atomic mass is 9.87. The van der Waals surface area contributed by atoms with Crippen molar-refractivity contribution in [3.8, 4) is 10.6 Å². The molecule has 0 aliphatic rings. The summed E-state index contributed by atoms with van der Waals surface area (Å²) >= 11 is 1.73. The molecule has 0 bridgehead atoms. The summed E-state index contributed by atoms with van der Waals surface area (Å²) in [5.74, 6) is 0. The van der Waals surface area contributed by atoms with Crippen molar-refractivity contribution in [1.29, 1.82) is 0 Å². The standard InChI is InChI=1S/C15H20N2S/c1-15(2,3)12-6-4-11(5-7-12)14-17-10-13(18-14)8-9-16/h4-7,10H,8-9,16H2,1-3H3. The van der Waals surface area contributed by atoms with Crippen molar-refractivity contribution in [1.82, 2.24) is 4.98 Å². The molecule has 0 saturated carbocycles. The summed E-state index contributed by atoms with van der Waals surface area (Å²) in [5, 5.41) is 1.08. The highest BCUT2D eigenvalue weighted by Gasteiger charge is 2.13. The minimum Gasteiger partial charge on any atom is -0.330 e. The van der Waals surface area contributed by atoms with Crippen LogP contribution in [0.15, 0.2) is 30.5 Å². The van der Waals surface area contributed by atoms with Crippen LogP contribution in [0.4, 0.5) is 0 Å². The van der Waals surface area contributed by atoms with Crippen molar-refractivity contribution in [2.75, 3.05) is 6.54 Å². The van der Waals surface area contributed by atoms with Crippen molar-refractivity contribution < 1.29 is 0 Å². The molecule has 1 aromatic carbocycles. The Hall–Kier alpha value is -1.19. The maximum atomic E-state index is 5.56. The molecule has 0 aliphatic heterocycles. The lowest BCUT2D eigenvalue weighted by Crippen LogP contribution is -2.10. The second-order valence-corrected chi connectivity index (χ2v) is 6.61. The van der Waals surface area contributed by atoms with Gasteiger partial charge >= 0.3 is 0 Å². The summed E-state index contributed by atoms with van der Waals surface area (Å²) < 4.78 is 0. The fraction of sp³-hybridized carbons (Fsp3) is 0.400. The number of aromatic nitrogens is 1. The highest BCUT2D eigenvalue weighted by molar-refractivity contribution is 7.15. The van der Waals surface area contributed by atoms with Crippen LogP contribution in [0.3, 0.4) is 0 Å². The summed E-state index contributed by atoms with van der Waals surface area (Å²) in [6.45, 7) is 7.37. The Morgan fingerprint density at radius 2 is 1.83 bits per heavy atom. The molecule has 2 N–H and O–H groups in total. The predicted octanol–water partition coefficient (Wildman–Crippen LogP) is 3.61. The number of hydrogen-bond donors (Lipinski definition) is 1. The highest BCUT2D eigenvalue weighted by atomic mass is 32.1. The molecule has 0 spiro atoms. The zero-order valence-electron chi connectivity index (χ0n) is 11.2. The fourth-order valence-corrected chi connectivity index (χ4v) is 2.74. The van der Waals surface area contributed by atoms with E-state index < -0.39 is 0 Å². The molecule has 0 saturated heterocycles. The van der Waals surface area contributed by atoms with E-state index in [9.17, 15) is 0 Å². The third-order valence-electron chi connectivity index (χ3n) is 2.94. The largest absolute Gasteiger partial charge is 0.330 e. The van der Waals surface area contributed by atoms with Gasteiger partial charge in [-0.1, -0.05) is 45.0 Å². The zero-order valence-corrected chi connectivity index (χ0v) is 12.1. The summed E-state index contributed by atoms with van der Waals surface area (Å²) in [5.41, 5.74) is 8.30. The van der Waals surface area contributed by atoms with E-state index in [0.717, 1.165) is 11.4 Å². The molecule has 1 heterocycles. The van der Waals surface area contributed by atoms with Crippen LogP contribution in [-0.2, 0) is 11.8 Å². The van der Waals surface area contributed by atoms with Gasteiger partial charge in [0.15, 0.2) is 0 Å². The number of hydrogen-bond acceptors (Lipinski definition) is 3. The van der Waals surface area contributed by atoms with Crippen LogP contribution in [0, 0.1) is 0 Å². The molecule has 3 heteroatoms. The van der Waals surface area contributed by atoms with E-state index in [2.05, 4.69) is 50.0 Å². The maximum absolute atomic E-state index is 5.56. The van der Waals surface area contributed by atoms with Gasteiger partial charge in [0, 0.05) is 16.6 Å². The number of thiazole rings is 1. The van der Waals surface area contributed by atoms with Crippen LogP contribution in [0.2, 0.25) is 0 Å². The van der Waals surface area contributed by atoms with E-state index in [-0.39, 0.29) is 5.41 Å². The Balaban J connectivity index is 2.23. The topological polar surface area (TPSA) is 38.9 Å². The number of benzene rings is 1. The van der Waals surface area contributed by atoms with Gasteiger partial charge in [0.1, 0.15) is 5.01 Å². The normalized spacial score (nSPS) is 11.8. The van der Waals surface area contributed by atoms with Gasteiger partial charge < -0.3 is 5.73 Å². The molecule has 18 heavy (non-hydrogen) atoms. The minimum atomic E-state index is 0.201. The SMILES string of the molecule is CC(C)(C)c1ccc(-c2ncc(CCN)s2)cc1. The molecule has 96 valence electrons. The Morgan fingerprint density at radius 1 is 1.17 bits per heavy atom. The predicted molar refractivity (Wildman–Crippen MR) is 79.0 cm³/mol. The lowest BCUT2D eigenvalue weighted by Gasteiger charge is -2.18. The Bertz CT molecular complexity index is 506. The maximum Gasteiger partial charge on any atom is 0.123 e. The van der Waals surface area contributed by atoms with Crippen molar-refractivity contribution in [3.05, 3.63) is 40.9 Å². The van der Waals surface area contributed by atoms with Gasteiger partial charge in [-0.3, -0.25) is 0 Å². The van der Waals surface area contributed by atoms with Gasteiger partial charge in [0.05, 0.1) is 0 Å². The van der Waals surface area contributed by atoms with Gasteiger partial charge in [-0.25, -0.2) is 4.98 Å². The van der Waals surface area contributed by atoms with Crippen molar-refractivity contribution in [2.45, 2.75) is 32.6 Å². The van der Waals surface area contributed by atoms with Crippen LogP contribution in [0.1, 0.15) is 31.2 Å². The average Bonchev–Trinajstić information content (AvgIpc) is 2.77. The van der Waals surface area contributed by atoms with Gasteiger partial charge in [-0.15, -0.1) is 11.3 Å². The van der Waals surface area contributed by atoms with E-state index in [1.54, 1.807) is 11.3 Å². The highest BCUT2D eigenvalue weighted by Crippen LogP contribution is 2.28. The third-order valence-corrected chi connectivity index (χ3v) is 4.05. The summed E-state index contributed by atoms with van der Waals surface area (Å²) in [6.07, 6.45) is 2.85. The van der Waals surface area contributed by atoms with E-state index in [4.69, 9.17) is 5.73 Å². The molecule has 1 aromatic heterocycles. The molecule has 0 unspecified atom stereocenters. The molecule has 2 rings (SSSR count). The minimum absolute atomic E-state index is 0.201. The van der Waals surface area contributed by atoms with E-state index in [0.29, 0.717) is 6.54 Å². The molecule has 0 radical (unpaired) electrons. The van der Waals surface area contributed by atoms with Crippen LogP contribution in [0.5, 0.6) is 0 Å². The first-order chi connectivity index (χ1) is 8.50.